The molecule has 0 saturated heterocycles. The quantitative estimate of drug-likeness (QED) is 0.723. The van der Waals surface area contributed by atoms with Gasteiger partial charge in [0.1, 0.15) is 17.4 Å². The molecule has 2 aromatic rings. The number of aryl methyl sites for hydroxylation is 1. The highest BCUT2D eigenvalue weighted by molar-refractivity contribution is 5.97. The highest BCUT2D eigenvalue weighted by Crippen LogP contribution is 2.26. The van der Waals surface area contributed by atoms with Crippen LogP contribution in [-0.2, 0) is 27.3 Å². The van der Waals surface area contributed by atoms with Crippen molar-refractivity contribution in [3.8, 4) is 5.75 Å². The lowest BCUT2D eigenvalue weighted by atomic mass is 9.94. The van der Waals surface area contributed by atoms with Crippen molar-refractivity contribution in [1.29, 1.82) is 0 Å². The average Bonchev–Trinajstić information content (AvgIpc) is 2.75. The number of carbonyl (C=O) groups excluding carboxylic acids is 3. The Hall–Kier alpha value is -3.55. The molecule has 0 spiro atoms. The van der Waals surface area contributed by atoms with Gasteiger partial charge in [0.2, 0.25) is 11.8 Å². The number of hydrogen-bond acceptors (Lipinski definition) is 5. The number of rotatable bonds is 5. The van der Waals surface area contributed by atoms with Crippen LogP contribution in [0.5, 0.6) is 5.75 Å². The molecular formula is C25H31N3O5. The number of fused-ring (bicyclic) bond motifs is 1. The van der Waals surface area contributed by atoms with Gasteiger partial charge in [-0.05, 0) is 56.5 Å². The Morgan fingerprint density at radius 3 is 2.45 bits per heavy atom. The maximum absolute atomic E-state index is 13.1. The predicted molar refractivity (Wildman–Crippen MR) is 125 cm³/mol. The summed E-state index contributed by atoms with van der Waals surface area (Å²) in [5, 5.41) is 5.42. The molecular weight excluding hydrogens is 422 g/mol. The first-order valence-electron chi connectivity index (χ1n) is 10.9. The van der Waals surface area contributed by atoms with E-state index in [0.717, 1.165) is 16.7 Å². The topological polar surface area (TPSA) is 97.0 Å². The van der Waals surface area contributed by atoms with Crippen LogP contribution >= 0.6 is 0 Å². The van der Waals surface area contributed by atoms with E-state index in [1.165, 1.54) is 12.0 Å². The number of amides is 3. The van der Waals surface area contributed by atoms with Gasteiger partial charge < -0.3 is 20.1 Å². The predicted octanol–water partition coefficient (Wildman–Crippen LogP) is 3.42. The molecule has 1 aliphatic heterocycles. The van der Waals surface area contributed by atoms with E-state index < -0.39 is 29.6 Å². The lowest BCUT2D eigenvalue weighted by Gasteiger charge is -2.36. The molecule has 2 N–H and O–H groups in total. The summed E-state index contributed by atoms with van der Waals surface area (Å²) in [7, 11) is 1.52. The van der Waals surface area contributed by atoms with Crippen molar-refractivity contribution in [1.82, 2.24) is 10.2 Å². The van der Waals surface area contributed by atoms with Gasteiger partial charge in [0.15, 0.2) is 0 Å². The first kappa shape index (κ1) is 24.1. The zero-order valence-corrected chi connectivity index (χ0v) is 19.7. The molecule has 33 heavy (non-hydrogen) atoms. The largest absolute Gasteiger partial charge is 0.495 e. The Labute approximate surface area is 194 Å². The minimum absolute atomic E-state index is 0.240. The highest BCUT2D eigenvalue weighted by Gasteiger charge is 2.37. The van der Waals surface area contributed by atoms with Crippen molar-refractivity contribution in [3.05, 3.63) is 59.2 Å². The maximum Gasteiger partial charge on any atom is 0.411 e. The van der Waals surface area contributed by atoms with Gasteiger partial charge >= 0.3 is 6.09 Å². The molecule has 1 aliphatic rings. The molecule has 8 heteroatoms. The van der Waals surface area contributed by atoms with E-state index in [9.17, 15) is 14.4 Å². The number of nitrogens with one attached hydrogen (secondary N) is 2. The Morgan fingerprint density at radius 2 is 1.79 bits per heavy atom. The molecule has 2 aromatic carbocycles. The van der Waals surface area contributed by atoms with Gasteiger partial charge in [-0.3, -0.25) is 14.5 Å². The van der Waals surface area contributed by atoms with Gasteiger partial charge in [0, 0.05) is 6.42 Å². The van der Waals surface area contributed by atoms with E-state index in [1.54, 1.807) is 32.9 Å². The second-order valence-corrected chi connectivity index (χ2v) is 9.07. The van der Waals surface area contributed by atoms with Crippen LogP contribution in [0.15, 0.2) is 42.5 Å². The molecule has 176 valence electrons. The smallest absolute Gasteiger partial charge is 0.411 e. The Balaban J connectivity index is 1.70. The zero-order chi connectivity index (χ0) is 24.2. The third kappa shape index (κ3) is 6.25. The monoisotopic (exact) mass is 453 g/mol. The number of nitrogens with zero attached hydrogens (tertiary/aromatic N) is 1. The molecule has 0 radical (unpaired) electrons. The first-order chi connectivity index (χ1) is 15.6. The Kier molecular flexibility index (Phi) is 7.26. The van der Waals surface area contributed by atoms with Crippen LogP contribution in [0, 0.1) is 6.92 Å². The van der Waals surface area contributed by atoms with E-state index in [4.69, 9.17) is 9.47 Å². The Morgan fingerprint density at radius 1 is 1.09 bits per heavy atom. The Bertz CT molecular complexity index is 1040. The lowest BCUT2D eigenvalue weighted by Crippen LogP contribution is -2.54. The van der Waals surface area contributed by atoms with Crippen LogP contribution in [0.2, 0.25) is 0 Å². The van der Waals surface area contributed by atoms with Crippen molar-refractivity contribution in [2.45, 2.75) is 52.3 Å². The third-order valence-corrected chi connectivity index (χ3v) is 5.23. The van der Waals surface area contributed by atoms with Crippen molar-refractivity contribution >= 4 is 23.6 Å². The van der Waals surface area contributed by atoms with E-state index >= 15 is 0 Å². The van der Waals surface area contributed by atoms with Crippen molar-refractivity contribution < 1.29 is 23.9 Å². The molecule has 1 heterocycles. The standard InChI is InChI=1S/C25H31N3O5/c1-16-10-11-21(32-5)19(12-16)27-22(29)14-26-23(30)20-13-17-8-6-7-9-18(17)15-28(20)24(31)33-25(2,3)4/h6-12,20H,13-15H2,1-5H3,(H,26,30)(H,27,29)/t20-/m1/s1. The molecule has 1 atom stereocenters. The number of carbonyl (C=O) groups is 3. The summed E-state index contributed by atoms with van der Waals surface area (Å²) in [6.07, 6.45) is -0.222. The molecule has 3 amide bonds. The summed E-state index contributed by atoms with van der Waals surface area (Å²) >= 11 is 0. The first-order valence-corrected chi connectivity index (χ1v) is 10.9. The number of methoxy groups -OCH3 is 1. The lowest BCUT2D eigenvalue weighted by molar-refractivity contribution is -0.128. The fourth-order valence-corrected chi connectivity index (χ4v) is 3.67. The molecule has 0 fully saturated rings. The van der Waals surface area contributed by atoms with Crippen LogP contribution in [0.4, 0.5) is 10.5 Å². The van der Waals surface area contributed by atoms with Gasteiger partial charge in [-0.25, -0.2) is 4.79 Å². The number of benzene rings is 2. The summed E-state index contributed by atoms with van der Waals surface area (Å²) in [4.78, 5) is 39.8. The summed E-state index contributed by atoms with van der Waals surface area (Å²) in [5.41, 5.74) is 2.76. The van der Waals surface area contributed by atoms with Crippen molar-refractivity contribution in [2.24, 2.45) is 0 Å². The van der Waals surface area contributed by atoms with E-state index in [1.807, 2.05) is 37.3 Å². The SMILES string of the molecule is COc1ccc(C)cc1NC(=O)CNC(=O)[C@H]1Cc2ccccc2CN1C(=O)OC(C)(C)C. The molecule has 0 aromatic heterocycles. The minimum Gasteiger partial charge on any atom is -0.495 e. The molecule has 3 rings (SSSR count). The number of ether oxygens (including phenoxy) is 2. The van der Waals surface area contributed by atoms with Crippen LogP contribution in [0.3, 0.4) is 0 Å². The summed E-state index contributed by atoms with van der Waals surface area (Å²) in [6.45, 7) is 7.26. The fraction of sp³-hybridized carbons (Fsp3) is 0.400. The van der Waals surface area contributed by atoms with Crippen molar-refractivity contribution in [2.75, 3.05) is 19.0 Å². The second-order valence-electron chi connectivity index (χ2n) is 9.07. The maximum atomic E-state index is 13.1. The van der Waals surface area contributed by atoms with Gasteiger partial charge in [0.05, 0.1) is 25.9 Å². The van der Waals surface area contributed by atoms with Crippen LogP contribution in [0.25, 0.3) is 0 Å². The molecule has 0 aliphatic carbocycles. The number of anilines is 1. The summed E-state index contributed by atoms with van der Waals surface area (Å²) in [6, 6.07) is 12.3. The van der Waals surface area contributed by atoms with Crippen LogP contribution < -0.4 is 15.4 Å². The number of hydrogen-bond donors (Lipinski definition) is 2. The molecule has 0 bridgehead atoms. The minimum atomic E-state index is -0.781. The highest BCUT2D eigenvalue weighted by atomic mass is 16.6. The molecule has 8 nitrogen and oxygen atoms in total. The van der Waals surface area contributed by atoms with E-state index in [-0.39, 0.29) is 13.1 Å². The summed E-state index contributed by atoms with van der Waals surface area (Å²) < 4.78 is 10.8. The zero-order valence-electron chi connectivity index (χ0n) is 19.7. The third-order valence-electron chi connectivity index (χ3n) is 5.23. The van der Waals surface area contributed by atoms with Gasteiger partial charge in [-0.15, -0.1) is 0 Å². The van der Waals surface area contributed by atoms with Crippen molar-refractivity contribution in [3.63, 3.8) is 0 Å². The fourth-order valence-electron chi connectivity index (χ4n) is 3.67. The second kappa shape index (κ2) is 9.94. The molecule has 0 saturated carbocycles. The normalized spacial score (nSPS) is 15.3. The van der Waals surface area contributed by atoms with Gasteiger partial charge in [0.25, 0.3) is 0 Å². The average molecular weight is 454 g/mol. The van der Waals surface area contributed by atoms with Gasteiger partial charge in [-0.1, -0.05) is 30.3 Å². The van der Waals surface area contributed by atoms with E-state index in [2.05, 4.69) is 10.6 Å². The van der Waals surface area contributed by atoms with Gasteiger partial charge in [-0.2, -0.15) is 0 Å². The van der Waals surface area contributed by atoms with Crippen LogP contribution in [0.1, 0.15) is 37.5 Å². The van der Waals surface area contributed by atoms with E-state index in [0.29, 0.717) is 17.9 Å². The van der Waals surface area contributed by atoms with Crippen LogP contribution in [-0.4, -0.2) is 48.1 Å². The molecule has 0 unspecified atom stereocenters. The summed E-state index contributed by atoms with van der Waals surface area (Å²) in [5.74, 6) is -0.283.